The van der Waals surface area contributed by atoms with Crippen LogP contribution in [0.5, 0.6) is 5.75 Å². The molecule has 0 aliphatic carbocycles. The third kappa shape index (κ3) is 5.33. The molecule has 10 heteroatoms. The Bertz CT molecular complexity index is 1340. The molecule has 176 valence electrons. The number of ether oxygens (including phenoxy) is 1. The number of benzene rings is 3. The maximum atomic E-state index is 12.9. The number of carbonyl (C=O) groups is 3. The highest BCUT2D eigenvalue weighted by Gasteiger charge is 2.34. The van der Waals surface area contributed by atoms with Crippen LogP contribution in [0.4, 0.5) is 17.1 Å². The Morgan fingerprint density at radius 3 is 2.49 bits per heavy atom. The molecule has 1 fully saturated rings. The number of nitrogens with zero attached hydrogens (tertiary/aromatic N) is 2. The average molecular weight is 472 g/mol. The number of para-hydroxylation sites is 1. The summed E-state index contributed by atoms with van der Waals surface area (Å²) in [5.41, 5.74) is 4.16. The zero-order valence-corrected chi connectivity index (χ0v) is 18.6. The molecule has 1 heterocycles. The van der Waals surface area contributed by atoms with Gasteiger partial charge in [0.1, 0.15) is 11.3 Å². The highest BCUT2D eigenvalue weighted by atomic mass is 16.6. The quantitative estimate of drug-likeness (QED) is 0.235. The lowest BCUT2D eigenvalue weighted by Gasteiger charge is -2.14. The molecule has 0 aromatic heterocycles. The molecule has 0 bridgehead atoms. The third-order valence-corrected chi connectivity index (χ3v) is 5.10. The summed E-state index contributed by atoms with van der Waals surface area (Å²) in [6, 6.07) is 19.4. The molecule has 10 nitrogen and oxygen atoms in total. The number of rotatable bonds is 7. The molecule has 2 N–H and O–H groups in total. The van der Waals surface area contributed by atoms with Gasteiger partial charge in [0.15, 0.2) is 6.61 Å². The van der Waals surface area contributed by atoms with Gasteiger partial charge in [-0.15, -0.1) is 0 Å². The molecule has 1 aliphatic heterocycles. The summed E-state index contributed by atoms with van der Waals surface area (Å²) in [7, 11) is 0. The van der Waals surface area contributed by atoms with Gasteiger partial charge in [0.2, 0.25) is 0 Å². The number of aryl methyl sites for hydroxylation is 1. The number of hydrogen-bond donors (Lipinski definition) is 2. The second-order valence-electron chi connectivity index (χ2n) is 7.66. The maximum absolute atomic E-state index is 12.9. The van der Waals surface area contributed by atoms with E-state index in [0.29, 0.717) is 11.4 Å². The largest absolute Gasteiger partial charge is 0.483 e. The smallest absolute Gasteiger partial charge is 0.282 e. The lowest BCUT2D eigenvalue weighted by atomic mass is 10.1. The highest BCUT2D eigenvalue weighted by molar-refractivity contribution is 6.31. The van der Waals surface area contributed by atoms with Crippen LogP contribution in [-0.2, 0) is 14.4 Å². The van der Waals surface area contributed by atoms with Crippen molar-refractivity contribution in [1.82, 2.24) is 5.43 Å². The molecule has 1 aliphatic rings. The summed E-state index contributed by atoms with van der Waals surface area (Å²) >= 11 is 0. The van der Waals surface area contributed by atoms with Crippen LogP contribution in [-0.4, -0.2) is 29.3 Å². The summed E-state index contributed by atoms with van der Waals surface area (Å²) in [6.45, 7) is 1.53. The van der Waals surface area contributed by atoms with Crippen LogP contribution in [0.25, 0.3) is 6.08 Å². The number of nitro groups is 1. The molecule has 1 saturated heterocycles. The van der Waals surface area contributed by atoms with E-state index in [1.54, 1.807) is 42.5 Å². The van der Waals surface area contributed by atoms with Crippen LogP contribution in [0.3, 0.4) is 0 Å². The van der Waals surface area contributed by atoms with Crippen molar-refractivity contribution >= 4 is 40.9 Å². The van der Waals surface area contributed by atoms with Gasteiger partial charge in [-0.1, -0.05) is 35.9 Å². The van der Waals surface area contributed by atoms with Crippen LogP contribution >= 0.6 is 0 Å². The molecule has 3 amide bonds. The van der Waals surface area contributed by atoms with Crippen molar-refractivity contribution in [2.24, 2.45) is 0 Å². The van der Waals surface area contributed by atoms with Gasteiger partial charge in [-0.2, -0.15) is 0 Å². The number of carbonyl (C=O) groups excluding carboxylic acids is 3. The molecule has 0 atom stereocenters. The van der Waals surface area contributed by atoms with E-state index < -0.39 is 29.3 Å². The summed E-state index contributed by atoms with van der Waals surface area (Å²) < 4.78 is 5.59. The molecular weight excluding hydrogens is 452 g/mol. The Hall–Kier alpha value is -4.99. The molecule has 0 saturated carbocycles. The highest BCUT2D eigenvalue weighted by Crippen LogP contribution is 2.29. The fourth-order valence-electron chi connectivity index (χ4n) is 3.34. The van der Waals surface area contributed by atoms with Crippen molar-refractivity contribution in [2.75, 3.05) is 16.9 Å². The van der Waals surface area contributed by atoms with Crippen LogP contribution in [0.2, 0.25) is 0 Å². The number of anilines is 2. The van der Waals surface area contributed by atoms with Crippen LogP contribution in [0, 0.1) is 17.0 Å². The minimum atomic E-state index is -0.673. The van der Waals surface area contributed by atoms with Gasteiger partial charge in [0, 0.05) is 23.4 Å². The van der Waals surface area contributed by atoms with Gasteiger partial charge < -0.3 is 10.1 Å². The topological polar surface area (TPSA) is 131 Å². The fraction of sp³-hybridized carbons (Fsp3) is 0.0800. The predicted octanol–water partition coefficient (Wildman–Crippen LogP) is 3.38. The second kappa shape index (κ2) is 9.87. The summed E-state index contributed by atoms with van der Waals surface area (Å²) in [5.74, 6) is -1.65. The maximum Gasteiger partial charge on any atom is 0.282 e. The van der Waals surface area contributed by atoms with E-state index >= 15 is 0 Å². The Kier molecular flexibility index (Phi) is 6.54. The lowest BCUT2D eigenvalue weighted by Crippen LogP contribution is -2.35. The summed E-state index contributed by atoms with van der Waals surface area (Å²) in [5, 5.41) is 15.1. The number of nitrogens with one attached hydrogen (secondary N) is 2. The van der Waals surface area contributed by atoms with Crippen molar-refractivity contribution in [3.63, 3.8) is 0 Å². The Morgan fingerprint density at radius 1 is 1.09 bits per heavy atom. The van der Waals surface area contributed by atoms with E-state index in [4.69, 9.17) is 4.74 Å². The number of hydrogen-bond acceptors (Lipinski definition) is 6. The number of nitro benzene ring substituents is 1. The SMILES string of the molecule is Cc1ccc(NC(=O)COc2ccc([N+](=O)[O-])cc2/C=C2/C(=O)NN(c3ccccc3)C2=O)cc1. The fourth-order valence-corrected chi connectivity index (χ4v) is 3.34. The van der Waals surface area contributed by atoms with Gasteiger partial charge in [-0.3, -0.25) is 29.9 Å². The minimum absolute atomic E-state index is 0.0981. The van der Waals surface area contributed by atoms with E-state index in [1.807, 2.05) is 19.1 Å². The van der Waals surface area contributed by atoms with E-state index in [9.17, 15) is 24.5 Å². The second-order valence-corrected chi connectivity index (χ2v) is 7.66. The first-order chi connectivity index (χ1) is 16.8. The van der Waals surface area contributed by atoms with Crippen LogP contribution in [0.1, 0.15) is 11.1 Å². The number of non-ortho nitro benzene ring substituents is 1. The Balaban J connectivity index is 1.57. The normalized spacial score (nSPS) is 14.1. The first kappa shape index (κ1) is 23.2. The molecule has 0 spiro atoms. The Morgan fingerprint density at radius 2 is 1.80 bits per heavy atom. The van der Waals surface area contributed by atoms with Crippen molar-refractivity contribution < 1.29 is 24.0 Å². The molecule has 3 aromatic carbocycles. The van der Waals surface area contributed by atoms with Gasteiger partial charge in [-0.05, 0) is 43.3 Å². The van der Waals surface area contributed by atoms with Crippen LogP contribution in [0.15, 0.2) is 78.4 Å². The standard InChI is InChI=1S/C25H20N4O6/c1-16-7-9-18(10-8-16)26-23(30)15-35-22-12-11-20(29(33)34)13-17(22)14-21-24(31)27-28(25(21)32)19-5-3-2-4-6-19/h2-14H,15H2,1H3,(H,26,30)(H,27,31)/b21-14-. The average Bonchev–Trinajstić information content (AvgIpc) is 3.13. The predicted molar refractivity (Wildman–Crippen MR) is 128 cm³/mol. The van der Waals surface area contributed by atoms with Gasteiger partial charge in [0.05, 0.1) is 10.6 Å². The van der Waals surface area contributed by atoms with E-state index in [-0.39, 0.29) is 22.6 Å². The van der Waals surface area contributed by atoms with Gasteiger partial charge in [0.25, 0.3) is 23.4 Å². The van der Waals surface area contributed by atoms with Crippen molar-refractivity contribution in [3.8, 4) is 5.75 Å². The first-order valence-corrected chi connectivity index (χ1v) is 10.5. The Labute approximate surface area is 199 Å². The van der Waals surface area contributed by atoms with Gasteiger partial charge >= 0.3 is 0 Å². The van der Waals surface area contributed by atoms with Crippen LogP contribution < -0.4 is 20.5 Å². The first-order valence-electron chi connectivity index (χ1n) is 10.5. The monoisotopic (exact) mass is 472 g/mol. The summed E-state index contributed by atoms with van der Waals surface area (Å²) in [6.07, 6.45) is 1.21. The van der Waals surface area contributed by atoms with E-state index in [0.717, 1.165) is 10.6 Å². The zero-order chi connectivity index (χ0) is 24.9. The van der Waals surface area contributed by atoms with Crippen molar-refractivity contribution in [2.45, 2.75) is 6.92 Å². The van der Waals surface area contributed by atoms with Crippen molar-refractivity contribution in [1.29, 1.82) is 0 Å². The molecular formula is C25H20N4O6. The van der Waals surface area contributed by atoms with E-state index in [2.05, 4.69) is 10.7 Å². The van der Waals surface area contributed by atoms with E-state index in [1.165, 1.54) is 24.3 Å². The third-order valence-electron chi connectivity index (χ3n) is 5.10. The molecule has 0 unspecified atom stereocenters. The molecule has 3 aromatic rings. The number of amides is 3. The van der Waals surface area contributed by atoms with Gasteiger partial charge in [-0.25, -0.2) is 5.01 Å². The summed E-state index contributed by atoms with van der Waals surface area (Å²) in [4.78, 5) is 48.4. The lowest BCUT2D eigenvalue weighted by molar-refractivity contribution is -0.384. The zero-order valence-electron chi connectivity index (χ0n) is 18.6. The number of hydrazine groups is 1. The molecule has 35 heavy (non-hydrogen) atoms. The molecule has 4 rings (SSSR count). The molecule has 0 radical (unpaired) electrons. The van der Waals surface area contributed by atoms with Crippen molar-refractivity contribution in [3.05, 3.63) is 99.6 Å². The minimum Gasteiger partial charge on any atom is -0.483 e.